The molecule has 1 amide bonds. The van der Waals surface area contributed by atoms with E-state index in [1.54, 1.807) is 13.2 Å². The summed E-state index contributed by atoms with van der Waals surface area (Å²) < 4.78 is 10.7. The number of nitrogens with one attached hydrogen (secondary N) is 1. The largest absolute Gasteiger partial charge is 0.497 e. The van der Waals surface area contributed by atoms with Gasteiger partial charge in [0, 0.05) is 18.7 Å². The van der Waals surface area contributed by atoms with Crippen molar-refractivity contribution in [1.82, 2.24) is 5.32 Å². The Kier molecular flexibility index (Phi) is 7.05. The lowest BCUT2D eigenvalue weighted by Gasteiger charge is -2.14. The smallest absolute Gasteiger partial charge is 0.257 e. The number of amides is 1. The van der Waals surface area contributed by atoms with Gasteiger partial charge in [-0.3, -0.25) is 4.79 Å². The molecule has 0 fully saturated rings. The summed E-state index contributed by atoms with van der Waals surface area (Å²) in [5.41, 5.74) is 6.73. The minimum Gasteiger partial charge on any atom is -0.497 e. The van der Waals surface area contributed by atoms with Crippen LogP contribution in [0, 0.1) is 11.3 Å². The van der Waals surface area contributed by atoms with Gasteiger partial charge >= 0.3 is 0 Å². The van der Waals surface area contributed by atoms with E-state index in [2.05, 4.69) is 5.32 Å². The molecule has 0 saturated heterocycles. The molecule has 0 heterocycles. The fourth-order valence-corrected chi connectivity index (χ4v) is 1.76. The third kappa shape index (κ3) is 6.15. The zero-order chi connectivity index (χ0) is 15.7. The van der Waals surface area contributed by atoms with Gasteiger partial charge in [-0.15, -0.1) is 0 Å². The lowest BCUT2D eigenvalue weighted by molar-refractivity contribution is -0.123. The maximum Gasteiger partial charge on any atom is 0.257 e. The van der Waals surface area contributed by atoms with Crippen LogP contribution in [0.1, 0.15) is 18.9 Å². The van der Waals surface area contributed by atoms with Crippen molar-refractivity contribution in [3.63, 3.8) is 0 Å². The lowest BCUT2D eigenvalue weighted by Crippen LogP contribution is -2.29. The summed E-state index contributed by atoms with van der Waals surface area (Å²) in [6.45, 7) is 2.12. The highest BCUT2D eigenvalue weighted by atomic mass is 16.5. The molecule has 1 rings (SSSR count). The van der Waals surface area contributed by atoms with Crippen LogP contribution >= 0.6 is 0 Å². The lowest BCUT2D eigenvalue weighted by atomic mass is 10.1. The van der Waals surface area contributed by atoms with Gasteiger partial charge in [-0.25, -0.2) is 0 Å². The third-order valence-corrected chi connectivity index (χ3v) is 2.73. The van der Waals surface area contributed by atoms with E-state index in [0.29, 0.717) is 24.5 Å². The summed E-state index contributed by atoms with van der Waals surface area (Å²) in [5, 5.41) is 11.0. The van der Waals surface area contributed by atoms with E-state index in [-0.39, 0.29) is 25.0 Å². The highest BCUT2D eigenvalue weighted by molar-refractivity contribution is 5.77. The summed E-state index contributed by atoms with van der Waals surface area (Å²) in [6.07, 6.45) is 0.927. The number of nitrogens with two attached hydrogens (primary N) is 1. The summed E-state index contributed by atoms with van der Waals surface area (Å²) >= 11 is 0. The highest BCUT2D eigenvalue weighted by Crippen LogP contribution is 2.25. The van der Waals surface area contributed by atoms with Crippen molar-refractivity contribution >= 4 is 5.91 Å². The molecule has 6 nitrogen and oxygen atoms in total. The Hall–Kier alpha value is -2.26. The van der Waals surface area contributed by atoms with Gasteiger partial charge in [0.1, 0.15) is 11.5 Å². The Bertz CT molecular complexity index is 509. The molecule has 0 aromatic heterocycles. The van der Waals surface area contributed by atoms with Gasteiger partial charge in [0.05, 0.1) is 19.6 Å². The standard InChI is InChI=1S/C15H21N3O3/c1-11(17)8-12-4-5-13(20-2)9-14(12)21-10-15(19)18-7-3-6-16/h4-5,9,11H,3,7-8,10,17H2,1-2H3,(H,18,19). The Balaban J connectivity index is 2.66. The summed E-state index contributed by atoms with van der Waals surface area (Å²) in [6, 6.07) is 7.39. The molecule has 0 radical (unpaired) electrons. The molecule has 6 heteroatoms. The fourth-order valence-electron chi connectivity index (χ4n) is 1.76. The molecular formula is C15H21N3O3. The molecule has 0 bridgehead atoms. The zero-order valence-electron chi connectivity index (χ0n) is 12.4. The first-order chi connectivity index (χ1) is 10.1. The average Bonchev–Trinajstić information content (AvgIpc) is 2.46. The first-order valence-electron chi connectivity index (χ1n) is 6.75. The first-order valence-corrected chi connectivity index (χ1v) is 6.75. The van der Waals surface area contributed by atoms with E-state index in [4.69, 9.17) is 20.5 Å². The van der Waals surface area contributed by atoms with Gasteiger partial charge in [0.15, 0.2) is 6.61 Å². The van der Waals surface area contributed by atoms with Gasteiger partial charge in [-0.2, -0.15) is 5.26 Å². The third-order valence-electron chi connectivity index (χ3n) is 2.73. The summed E-state index contributed by atoms with van der Waals surface area (Å²) in [4.78, 5) is 11.6. The molecule has 1 unspecified atom stereocenters. The summed E-state index contributed by atoms with van der Waals surface area (Å²) in [5.74, 6) is 0.977. The molecule has 1 aromatic carbocycles. The van der Waals surface area contributed by atoms with Crippen molar-refractivity contribution in [2.75, 3.05) is 20.3 Å². The molecule has 1 aromatic rings. The number of carbonyl (C=O) groups excluding carboxylic acids is 1. The van der Waals surface area contributed by atoms with E-state index in [1.165, 1.54) is 0 Å². The predicted octanol–water partition coefficient (Wildman–Crippen LogP) is 0.994. The number of ether oxygens (including phenoxy) is 2. The number of carbonyl (C=O) groups is 1. The van der Waals surface area contributed by atoms with E-state index in [9.17, 15) is 4.79 Å². The second-order valence-corrected chi connectivity index (χ2v) is 4.70. The van der Waals surface area contributed by atoms with Crippen molar-refractivity contribution in [2.24, 2.45) is 5.73 Å². The van der Waals surface area contributed by atoms with Gasteiger partial charge in [-0.1, -0.05) is 6.07 Å². The van der Waals surface area contributed by atoms with Crippen LogP contribution in [0.4, 0.5) is 0 Å². The summed E-state index contributed by atoms with van der Waals surface area (Å²) in [7, 11) is 1.57. The molecule has 0 aliphatic carbocycles. The van der Waals surface area contributed by atoms with Crippen LogP contribution in [0.15, 0.2) is 18.2 Å². The predicted molar refractivity (Wildman–Crippen MR) is 79.1 cm³/mol. The van der Waals surface area contributed by atoms with Crippen LogP contribution in [0.3, 0.4) is 0 Å². The van der Waals surface area contributed by atoms with Crippen LogP contribution in [0.25, 0.3) is 0 Å². The van der Waals surface area contributed by atoms with Crippen molar-refractivity contribution < 1.29 is 14.3 Å². The molecule has 0 aliphatic heterocycles. The second kappa shape index (κ2) is 8.82. The maximum atomic E-state index is 11.6. The normalized spacial score (nSPS) is 11.3. The first kappa shape index (κ1) is 16.8. The molecule has 21 heavy (non-hydrogen) atoms. The maximum absolute atomic E-state index is 11.6. The quantitative estimate of drug-likeness (QED) is 0.696. The number of hydrogen-bond donors (Lipinski definition) is 2. The van der Waals surface area contributed by atoms with Crippen LogP contribution < -0.4 is 20.5 Å². The topological polar surface area (TPSA) is 97.4 Å². The van der Waals surface area contributed by atoms with Gasteiger partial charge in [-0.05, 0) is 25.0 Å². The molecule has 0 aliphatic rings. The van der Waals surface area contributed by atoms with Crippen LogP contribution in [0.5, 0.6) is 11.5 Å². The Labute approximate surface area is 124 Å². The molecule has 0 spiro atoms. The van der Waals surface area contributed by atoms with Crippen molar-refractivity contribution in [1.29, 1.82) is 5.26 Å². The van der Waals surface area contributed by atoms with Crippen LogP contribution in [-0.4, -0.2) is 32.2 Å². The van der Waals surface area contributed by atoms with Crippen molar-refractivity contribution in [3.05, 3.63) is 23.8 Å². The number of nitrogens with zero attached hydrogens (tertiary/aromatic N) is 1. The second-order valence-electron chi connectivity index (χ2n) is 4.70. The van der Waals surface area contributed by atoms with Crippen LogP contribution in [-0.2, 0) is 11.2 Å². The molecule has 0 saturated carbocycles. The average molecular weight is 291 g/mol. The minimum absolute atomic E-state index is 0.00907. The Morgan fingerprint density at radius 1 is 1.52 bits per heavy atom. The number of nitriles is 1. The van der Waals surface area contributed by atoms with E-state index in [1.807, 2.05) is 25.1 Å². The van der Waals surface area contributed by atoms with Crippen molar-refractivity contribution in [2.45, 2.75) is 25.8 Å². The molecule has 1 atom stereocenters. The number of benzene rings is 1. The Morgan fingerprint density at radius 2 is 2.29 bits per heavy atom. The number of rotatable bonds is 8. The number of hydrogen-bond acceptors (Lipinski definition) is 5. The van der Waals surface area contributed by atoms with Crippen molar-refractivity contribution in [3.8, 4) is 17.6 Å². The minimum atomic E-state index is -0.264. The molecule has 3 N–H and O–H groups in total. The van der Waals surface area contributed by atoms with E-state index >= 15 is 0 Å². The number of methoxy groups -OCH3 is 1. The monoisotopic (exact) mass is 291 g/mol. The zero-order valence-corrected chi connectivity index (χ0v) is 12.4. The SMILES string of the molecule is COc1ccc(CC(C)N)c(OCC(=O)NCCC#N)c1. The van der Waals surface area contributed by atoms with E-state index in [0.717, 1.165) is 5.56 Å². The van der Waals surface area contributed by atoms with Crippen LogP contribution in [0.2, 0.25) is 0 Å². The molecular weight excluding hydrogens is 270 g/mol. The molecule has 114 valence electrons. The van der Waals surface area contributed by atoms with Gasteiger partial charge in [0.25, 0.3) is 5.91 Å². The van der Waals surface area contributed by atoms with Gasteiger partial charge in [0.2, 0.25) is 0 Å². The van der Waals surface area contributed by atoms with Gasteiger partial charge < -0.3 is 20.5 Å². The van der Waals surface area contributed by atoms with E-state index < -0.39 is 0 Å². The Morgan fingerprint density at radius 3 is 2.90 bits per heavy atom. The fraction of sp³-hybridized carbons (Fsp3) is 0.467. The highest BCUT2D eigenvalue weighted by Gasteiger charge is 2.10.